The summed E-state index contributed by atoms with van der Waals surface area (Å²) in [5.41, 5.74) is 1.35. The highest BCUT2D eigenvalue weighted by Crippen LogP contribution is 2.24. The summed E-state index contributed by atoms with van der Waals surface area (Å²) in [5.74, 6) is 0.158. The van der Waals surface area contributed by atoms with E-state index >= 15 is 0 Å². The van der Waals surface area contributed by atoms with Crippen LogP contribution in [0.5, 0.6) is 5.75 Å². The van der Waals surface area contributed by atoms with Gasteiger partial charge in [0.05, 0.1) is 17.7 Å². The van der Waals surface area contributed by atoms with E-state index in [9.17, 15) is 13.2 Å². The van der Waals surface area contributed by atoms with Crippen LogP contribution in [0.2, 0.25) is 0 Å². The molecule has 0 bridgehead atoms. The first-order valence-electron chi connectivity index (χ1n) is 9.03. The highest BCUT2D eigenvalue weighted by Gasteiger charge is 2.27. The molecule has 0 aliphatic carbocycles. The highest BCUT2D eigenvalue weighted by molar-refractivity contribution is 7.92. The summed E-state index contributed by atoms with van der Waals surface area (Å²) >= 11 is 0. The lowest BCUT2D eigenvalue weighted by Crippen LogP contribution is -2.40. The third-order valence-electron chi connectivity index (χ3n) is 4.31. The van der Waals surface area contributed by atoms with E-state index in [1.54, 1.807) is 42.5 Å². The van der Waals surface area contributed by atoms with Gasteiger partial charge >= 0.3 is 0 Å². The van der Waals surface area contributed by atoms with Crippen LogP contribution in [0, 0.1) is 0 Å². The molecule has 0 heterocycles. The van der Waals surface area contributed by atoms with Crippen molar-refractivity contribution in [2.24, 2.45) is 0 Å². The zero-order chi connectivity index (χ0) is 20.7. The Kier molecular flexibility index (Phi) is 6.51. The number of hydrogen-bond acceptors (Lipinski definition) is 4. The number of ether oxygens (including phenoxy) is 1. The fourth-order valence-corrected chi connectivity index (χ4v) is 4.19. The van der Waals surface area contributed by atoms with Crippen LogP contribution in [-0.2, 0) is 21.4 Å². The van der Waals surface area contributed by atoms with Crippen molar-refractivity contribution in [3.05, 3.63) is 90.5 Å². The number of amides is 1. The molecule has 1 amide bonds. The standard InChI is InChI=1S/C22H22N2O4S/c1-28-20-12-14-21(15-13-20)29(26,27)24(19-10-6-3-7-11-19)17-22(25)23-16-18-8-4-2-5-9-18/h2-15H,16-17H2,1H3,(H,23,25). The molecule has 0 fully saturated rings. The van der Waals surface area contributed by atoms with Crippen molar-refractivity contribution in [2.75, 3.05) is 18.0 Å². The average Bonchev–Trinajstić information content (AvgIpc) is 2.77. The maximum absolute atomic E-state index is 13.2. The van der Waals surface area contributed by atoms with E-state index in [1.165, 1.54) is 19.2 Å². The number of methoxy groups -OCH3 is 1. The topological polar surface area (TPSA) is 75.7 Å². The highest BCUT2D eigenvalue weighted by atomic mass is 32.2. The van der Waals surface area contributed by atoms with Crippen molar-refractivity contribution in [2.45, 2.75) is 11.4 Å². The second-order valence-electron chi connectivity index (χ2n) is 6.29. The summed E-state index contributed by atoms with van der Waals surface area (Å²) in [6.07, 6.45) is 0. The molecule has 0 unspecified atom stereocenters. The molecule has 150 valence electrons. The van der Waals surface area contributed by atoms with Gasteiger partial charge in [0.25, 0.3) is 10.0 Å². The number of sulfonamides is 1. The van der Waals surface area contributed by atoms with Crippen molar-refractivity contribution in [3.63, 3.8) is 0 Å². The lowest BCUT2D eigenvalue weighted by Gasteiger charge is -2.24. The summed E-state index contributed by atoms with van der Waals surface area (Å²) in [7, 11) is -2.43. The average molecular weight is 410 g/mol. The van der Waals surface area contributed by atoms with Gasteiger partial charge in [-0.3, -0.25) is 9.10 Å². The number of carbonyl (C=O) groups is 1. The molecule has 7 heteroatoms. The van der Waals surface area contributed by atoms with Gasteiger partial charge in [-0.2, -0.15) is 0 Å². The summed E-state index contributed by atoms with van der Waals surface area (Å²) in [4.78, 5) is 12.6. The summed E-state index contributed by atoms with van der Waals surface area (Å²) in [5, 5.41) is 2.78. The van der Waals surface area contributed by atoms with Crippen molar-refractivity contribution >= 4 is 21.6 Å². The Morgan fingerprint density at radius 2 is 1.48 bits per heavy atom. The fraction of sp³-hybridized carbons (Fsp3) is 0.136. The number of para-hydroxylation sites is 1. The molecule has 0 aliphatic heterocycles. The molecular formula is C22H22N2O4S. The van der Waals surface area contributed by atoms with Gasteiger partial charge in [-0.05, 0) is 42.0 Å². The largest absolute Gasteiger partial charge is 0.497 e. The number of anilines is 1. The first-order valence-corrected chi connectivity index (χ1v) is 10.5. The molecule has 0 aliphatic rings. The SMILES string of the molecule is COc1ccc(S(=O)(=O)N(CC(=O)NCc2ccccc2)c2ccccc2)cc1. The van der Waals surface area contributed by atoms with Crippen LogP contribution in [0.25, 0.3) is 0 Å². The lowest BCUT2D eigenvalue weighted by molar-refractivity contribution is -0.119. The van der Waals surface area contributed by atoms with Gasteiger partial charge in [0.2, 0.25) is 5.91 Å². The minimum Gasteiger partial charge on any atom is -0.497 e. The quantitative estimate of drug-likeness (QED) is 0.619. The molecule has 6 nitrogen and oxygen atoms in total. The van der Waals surface area contributed by atoms with E-state index in [0.29, 0.717) is 18.0 Å². The molecule has 0 aromatic heterocycles. The second-order valence-corrected chi connectivity index (χ2v) is 8.15. The molecule has 0 spiro atoms. The zero-order valence-electron chi connectivity index (χ0n) is 16.0. The molecule has 3 rings (SSSR count). The Balaban J connectivity index is 1.83. The molecule has 3 aromatic rings. The molecule has 0 radical (unpaired) electrons. The number of nitrogens with one attached hydrogen (secondary N) is 1. The van der Waals surface area contributed by atoms with Crippen molar-refractivity contribution in [3.8, 4) is 5.75 Å². The Morgan fingerprint density at radius 1 is 0.897 bits per heavy atom. The van der Waals surface area contributed by atoms with Crippen LogP contribution in [0.4, 0.5) is 5.69 Å². The van der Waals surface area contributed by atoms with Gasteiger partial charge in [-0.1, -0.05) is 48.5 Å². The third-order valence-corrected chi connectivity index (χ3v) is 6.10. The minimum absolute atomic E-state index is 0.0815. The molecule has 3 aromatic carbocycles. The van der Waals surface area contributed by atoms with E-state index in [0.717, 1.165) is 9.87 Å². The van der Waals surface area contributed by atoms with Crippen molar-refractivity contribution in [1.29, 1.82) is 0 Å². The molecule has 0 atom stereocenters. The Morgan fingerprint density at radius 3 is 2.07 bits per heavy atom. The van der Waals surface area contributed by atoms with Gasteiger partial charge in [-0.15, -0.1) is 0 Å². The van der Waals surface area contributed by atoms with Gasteiger partial charge in [0.1, 0.15) is 12.3 Å². The van der Waals surface area contributed by atoms with E-state index in [2.05, 4.69) is 5.32 Å². The maximum atomic E-state index is 13.2. The van der Waals surface area contributed by atoms with E-state index in [-0.39, 0.29) is 11.4 Å². The summed E-state index contributed by atoms with van der Waals surface area (Å²) < 4.78 is 32.7. The third kappa shape index (κ3) is 5.14. The first kappa shape index (κ1) is 20.4. The molecule has 0 saturated carbocycles. The summed E-state index contributed by atoms with van der Waals surface area (Å²) in [6, 6.07) is 24.1. The van der Waals surface area contributed by atoms with Gasteiger partial charge in [0, 0.05) is 6.54 Å². The predicted molar refractivity (Wildman–Crippen MR) is 112 cm³/mol. The molecular weight excluding hydrogens is 388 g/mol. The second kappa shape index (κ2) is 9.25. The minimum atomic E-state index is -3.94. The molecule has 1 N–H and O–H groups in total. The summed E-state index contributed by atoms with van der Waals surface area (Å²) in [6.45, 7) is -0.00387. The fourth-order valence-electron chi connectivity index (χ4n) is 2.77. The number of rotatable bonds is 8. The van der Waals surface area contributed by atoms with Crippen LogP contribution in [0.1, 0.15) is 5.56 Å². The van der Waals surface area contributed by atoms with E-state index in [4.69, 9.17) is 4.74 Å². The van der Waals surface area contributed by atoms with Crippen LogP contribution >= 0.6 is 0 Å². The smallest absolute Gasteiger partial charge is 0.264 e. The van der Waals surface area contributed by atoms with Crippen LogP contribution in [0.15, 0.2) is 89.8 Å². The monoisotopic (exact) mass is 410 g/mol. The Hall–Kier alpha value is -3.32. The Bertz CT molecular complexity index is 1040. The number of benzene rings is 3. The Labute approximate surface area is 170 Å². The van der Waals surface area contributed by atoms with Gasteiger partial charge in [-0.25, -0.2) is 8.42 Å². The van der Waals surface area contributed by atoms with E-state index in [1.807, 2.05) is 30.3 Å². The van der Waals surface area contributed by atoms with Crippen LogP contribution < -0.4 is 14.4 Å². The number of carbonyl (C=O) groups excluding carboxylic acids is 1. The van der Waals surface area contributed by atoms with Crippen LogP contribution in [0.3, 0.4) is 0 Å². The van der Waals surface area contributed by atoms with Crippen LogP contribution in [-0.4, -0.2) is 28.0 Å². The maximum Gasteiger partial charge on any atom is 0.264 e. The normalized spacial score (nSPS) is 10.9. The zero-order valence-corrected chi connectivity index (χ0v) is 16.8. The molecule has 29 heavy (non-hydrogen) atoms. The van der Waals surface area contributed by atoms with E-state index < -0.39 is 15.9 Å². The number of nitrogens with zero attached hydrogens (tertiary/aromatic N) is 1. The van der Waals surface area contributed by atoms with Gasteiger partial charge in [0.15, 0.2) is 0 Å². The van der Waals surface area contributed by atoms with Crippen molar-refractivity contribution in [1.82, 2.24) is 5.32 Å². The van der Waals surface area contributed by atoms with Gasteiger partial charge < -0.3 is 10.1 Å². The number of hydrogen-bond donors (Lipinski definition) is 1. The lowest BCUT2D eigenvalue weighted by atomic mass is 10.2. The van der Waals surface area contributed by atoms with Crippen molar-refractivity contribution < 1.29 is 17.9 Å². The predicted octanol–water partition coefficient (Wildman–Crippen LogP) is 3.21. The molecule has 0 saturated heterocycles. The first-order chi connectivity index (χ1) is 14.0.